The highest BCUT2D eigenvalue weighted by molar-refractivity contribution is 7.89. The Kier molecular flexibility index (Phi) is 7.51. The molecule has 1 N–H and O–H groups in total. The van der Waals surface area contributed by atoms with Crippen LogP contribution in [0.25, 0.3) is 0 Å². The van der Waals surface area contributed by atoms with Crippen LogP contribution in [0.5, 0.6) is 0 Å². The zero-order valence-electron chi connectivity index (χ0n) is 12.6. The first-order valence-electron chi connectivity index (χ1n) is 7.51. The van der Waals surface area contributed by atoms with Gasteiger partial charge in [0.05, 0.1) is 12.9 Å². The van der Waals surface area contributed by atoms with E-state index in [4.69, 9.17) is 0 Å². The quantitative estimate of drug-likeness (QED) is 0.697. The summed E-state index contributed by atoms with van der Waals surface area (Å²) in [5, 5.41) is 0. The molecular weight excluding hydrogens is 278 g/mol. The van der Waals surface area contributed by atoms with E-state index in [1.165, 1.54) is 26.4 Å². The molecule has 0 atom stereocenters. The van der Waals surface area contributed by atoms with Gasteiger partial charge in [0.1, 0.15) is 0 Å². The van der Waals surface area contributed by atoms with E-state index >= 15 is 0 Å². The normalized spacial score (nSPS) is 23.5. The van der Waals surface area contributed by atoms with Gasteiger partial charge in [-0.25, -0.2) is 13.1 Å². The molecule has 1 aliphatic rings. The fourth-order valence-electron chi connectivity index (χ4n) is 2.67. The number of sulfonamides is 1. The van der Waals surface area contributed by atoms with E-state index in [-0.39, 0.29) is 18.1 Å². The van der Waals surface area contributed by atoms with Gasteiger partial charge in [0.15, 0.2) is 0 Å². The van der Waals surface area contributed by atoms with Crippen molar-refractivity contribution >= 4 is 16.0 Å². The van der Waals surface area contributed by atoms with Crippen LogP contribution in [0.2, 0.25) is 0 Å². The molecule has 0 aromatic rings. The molecule has 1 aliphatic carbocycles. The molecule has 5 nitrogen and oxygen atoms in total. The molecule has 1 fully saturated rings. The molecule has 0 aromatic carbocycles. The Hall–Kier alpha value is -0.620. The Balaban J connectivity index is 2.21. The lowest BCUT2D eigenvalue weighted by Gasteiger charge is -2.27. The number of nitrogens with one attached hydrogen (secondary N) is 1. The van der Waals surface area contributed by atoms with Crippen molar-refractivity contribution in [1.29, 1.82) is 0 Å². The molecule has 1 rings (SSSR count). The predicted molar refractivity (Wildman–Crippen MR) is 78.8 cm³/mol. The molecule has 20 heavy (non-hydrogen) atoms. The van der Waals surface area contributed by atoms with Gasteiger partial charge < -0.3 is 4.74 Å². The van der Waals surface area contributed by atoms with Crippen LogP contribution in [0.1, 0.15) is 51.9 Å². The third-order valence-electron chi connectivity index (χ3n) is 4.16. The van der Waals surface area contributed by atoms with Crippen LogP contribution in [0, 0.1) is 11.8 Å². The highest BCUT2D eigenvalue weighted by Gasteiger charge is 2.21. The number of rotatable bonds is 8. The molecule has 0 spiro atoms. The maximum absolute atomic E-state index is 11.8. The summed E-state index contributed by atoms with van der Waals surface area (Å²) < 4.78 is 30.8. The highest BCUT2D eigenvalue weighted by Crippen LogP contribution is 2.30. The van der Waals surface area contributed by atoms with E-state index in [0.717, 1.165) is 18.8 Å². The van der Waals surface area contributed by atoms with Crippen molar-refractivity contribution in [2.24, 2.45) is 11.8 Å². The van der Waals surface area contributed by atoms with Crippen molar-refractivity contribution < 1.29 is 17.9 Å². The van der Waals surface area contributed by atoms with Gasteiger partial charge in [0, 0.05) is 13.0 Å². The third kappa shape index (κ3) is 6.70. The minimum atomic E-state index is -3.26. The molecule has 0 radical (unpaired) electrons. The zero-order chi connectivity index (χ0) is 15.0. The Labute approximate surface area is 122 Å². The van der Waals surface area contributed by atoms with E-state index in [0.29, 0.717) is 18.9 Å². The van der Waals surface area contributed by atoms with Crippen molar-refractivity contribution in [1.82, 2.24) is 4.72 Å². The lowest BCUT2D eigenvalue weighted by atomic mass is 9.81. The smallest absolute Gasteiger partial charge is 0.305 e. The summed E-state index contributed by atoms with van der Waals surface area (Å²) in [4.78, 5) is 10.9. The summed E-state index contributed by atoms with van der Waals surface area (Å²) in [5.41, 5.74) is 0. The minimum absolute atomic E-state index is 0.00753. The van der Waals surface area contributed by atoms with Gasteiger partial charge >= 0.3 is 5.97 Å². The van der Waals surface area contributed by atoms with Crippen molar-refractivity contribution in [3.8, 4) is 0 Å². The van der Waals surface area contributed by atoms with E-state index in [2.05, 4.69) is 16.4 Å². The summed E-state index contributed by atoms with van der Waals surface area (Å²) in [6.45, 7) is 2.76. The summed E-state index contributed by atoms with van der Waals surface area (Å²) in [5.74, 6) is 0.918. The third-order valence-corrected chi connectivity index (χ3v) is 5.59. The maximum Gasteiger partial charge on any atom is 0.305 e. The Morgan fingerprint density at radius 1 is 1.20 bits per heavy atom. The maximum atomic E-state index is 11.8. The van der Waals surface area contributed by atoms with Crippen LogP contribution in [0.15, 0.2) is 0 Å². The van der Waals surface area contributed by atoms with Crippen molar-refractivity contribution in [2.75, 3.05) is 19.4 Å². The highest BCUT2D eigenvalue weighted by atomic mass is 32.2. The molecule has 0 saturated heterocycles. The molecule has 0 aromatic heterocycles. The second kappa shape index (κ2) is 8.62. The first-order valence-corrected chi connectivity index (χ1v) is 9.16. The van der Waals surface area contributed by atoms with Crippen LogP contribution in [0.3, 0.4) is 0 Å². The van der Waals surface area contributed by atoms with Crippen LogP contribution >= 0.6 is 0 Å². The van der Waals surface area contributed by atoms with Crippen LogP contribution in [-0.4, -0.2) is 33.8 Å². The Morgan fingerprint density at radius 3 is 2.35 bits per heavy atom. The second-order valence-electron chi connectivity index (χ2n) is 5.64. The van der Waals surface area contributed by atoms with Gasteiger partial charge in [-0.3, -0.25) is 4.79 Å². The largest absolute Gasteiger partial charge is 0.469 e. The molecule has 0 aliphatic heterocycles. The average molecular weight is 305 g/mol. The molecule has 0 unspecified atom stereocenters. The molecule has 0 heterocycles. The Morgan fingerprint density at radius 2 is 1.80 bits per heavy atom. The minimum Gasteiger partial charge on any atom is -0.469 e. The number of carbonyl (C=O) groups is 1. The number of methoxy groups -OCH3 is 1. The molecular formula is C14H27NO4S. The van der Waals surface area contributed by atoms with Gasteiger partial charge in [-0.2, -0.15) is 0 Å². The van der Waals surface area contributed by atoms with Gasteiger partial charge in [0.2, 0.25) is 10.0 Å². The van der Waals surface area contributed by atoms with Crippen molar-refractivity contribution in [3.63, 3.8) is 0 Å². The first kappa shape index (κ1) is 17.4. The van der Waals surface area contributed by atoms with E-state index < -0.39 is 10.0 Å². The average Bonchev–Trinajstić information content (AvgIpc) is 2.45. The Bertz CT molecular complexity index is 386. The second-order valence-corrected chi connectivity index (χ2v) is 7.57. The molecule has 0 amide bonds. The number of ether oxygens (including phenoxy) is 1. The topological polar surface area (TPSA) is 72.5 Å². The van der Waals surface area contributed by atoms with Gasteiger partial charge in [-0.05, 0) is 31.1 Å². The predicted octanol–water partition coefficient (Wildman–Crippen LogP) is 2.08. The fourth-order valence-corrected chi connectivity index (χ4v) is 3.83. The number of hydrogen-bond acceptors (Lipinski definition) is 4. The van der Waals surface area contributed by atoms with Crippen molar-refractivity contribution in [3.05, 3.63) is 0 Å². The van der Waals surface area contributed by atoms with Crippen LogP contribution < -0.4 is 4.72 Å². The van der Waals surface area contributed by atoms with E-state index in [9.17, 15) is 13.2 Å². The lowest BCUT2D eigenvalue weighted by molar-refractivity contribution is -0.140. The summed E-state index contributed by atoms with van der Waals surface area (Å²) in [6.07, 6.45) is 6.35. The van der Waals surface area contributed by atoms with E-state index in [1.54, 1.807) is 0 Å². The SMILES string of the molecule is CCC1CCC(CNS(=O)(=O)CCCC(=O)OC)CC1. The number of carbonyl (C=O) groups excluding carboxylic acids is 1. The first-order chi connectivity index (χ1) is 9.46. The van der Waals surface area contributed by atoms with E-state index in [1.807, 2.05) is 0 Å². The summed E-state index contributed by atoms with van der Waals surface area (Å²) >= 11 is 0. The fraction of sp³-hybridized carbons (Fsp3) is 0.929. The van der Waals surface area contributed by atoms with Gasteiger partial charge in [-0.15, -0.1) is 0 Å². The summed E-state index contributed by atoms with van der Waals surface area (Å²) in [7, 11) is -1.95. The molecule has 118 valence electrons. The van der Waals surface area contributed by atoms with Gasteiger partial charge in [0.25, 0.3) is 0 Å². The van der Waals surface area contributed by atoms with Gasteiger partial charge in [-0.1, -0.05) is 26.2 Å². The number of esters is 1. The molecule has 0 bridgehead atoms. The lowest BCUT2D eigenvalue weighted by Crippen LogP contribution is -2.33. The summed E-state index contributed by atoms with van der Waals surface area (Å²) in [6, 6.07) is 0. The number of hydrogen-bond donors (Lipinski definition) is 1. The monoisotopic (exact) mass is 305 g/mol. The molecule has 1 saturated carbocycles. The van der Waals surface area contributed by atoms with Crippen molar-refractivity contribution in [2.45, 2.75) is 51.9 Å². The standard InChI is InChI=1S/C14H27NO4S/c1-3-12-6-8-13(9-7-12)11-15-20(17,18)10-4-5-14(16)19-2/h12-13,15H,3-11H2,1-2H3. The molecule has 6 heteroatoms. The van der Waals surface area contributed by atoms with Crippen LogP contribution in [-0.2, 0) is 19.6 Å². The zero-order valence-corrected chi connectivity index (χ0v) is 13.4. The van der Waals surface area contributed by atoms with Crippen LogP contribution in [0.4, 0.5) is 0 Å².